The number of benzene rings is 1. The average molecular weight is 319 g/mol. The van der Waals surface area contributed by atoms with Gasteiger partial charge in [0.25, 0.3) is 5.91 Å². The molecular weight excluding hydrogens is 294 g/mol. The molecule has 0 bridgehead atoms. The predicted molar refractivity (Wildman–Crippen MR) is 87.1 cm³/mol. The highest BCUT2D eigenvalue weighted by Gasteiger charge is 2.36. The highest BCUT2D eigenvalue weighted by Crippen LogP contribution is 2.44. The van der Waals surface area contributed by atoms with Crippen LogP contribution in [0.5, 0.6) is 5.75 Å². The largest absolute Gasteiger partial charge is 0.496 e. The van der Waals surface area contributed by atoms with E-state index in [4.69, 9.17) is 14.2 Å². The summed E-state index contributed by atoms with van der Waals surface area (Å²) in [5, 5.41) is 0. The molecule has 1 saturated heterocycles. The van der Waals surface area contributed by atoms with Gasteiger partial charge >= 0.3 is 0 Å². The van der Waals surface area contributed by atoms with Crippen LogP contribution in [0.15, 0.2) is 18.2 Å². The Kier molecular flexibility index (Phi) is 4.87. The first kappa shape index (κ1) is 16.3. The molecule has 0 aromatic heterocycles. The third-order valence-electron chi connectivity index (χ3n) is 4.82. The van der Waals surface area contributed by atoms with Crippen LogP contribution >= 0.6 is 0 Å². The number of methoxy groups -OCH3 is 3. The number of hydrogen-bond acceptors (Lipinski definition) is 4. The van der Waals surface area contributed by atoms with Gasteiger partial charge in [0.15, 0.2) is 0 Å². The maximum atomic E-state index is 13.0. The highest BCUT2D eigenvalue weighted by molar-refractivity contribution is 5.95. The number of ether oxygens (including phenoxy) is 3. The molecule has 1 aromatic rings. The van der Waals surface area contributed by atoms with Gasteiger partial charge in [-0.3, -0.25) is 4.79 Å². The topological polar surface area (TPSA) is 48.0 Å². The van der Waals surface area contributed by atoms with E-state index in [1.165, 1.54) is 12.8 Å². The maximum Gasteiger partial charge on any atom is 0.254 e. The average Bonchev–Trinajstić information content (AvgIpc) is 3.35. The Morgan fingerprint density at radius 2 is 2.04 bits per heavy atom. The predicted octanol–water partition coefficient (Wildman–Crippen LogP) is 2.45. The van der Waals surface area contributed by atoms with Crippen molar-refractivity contribution in [2.24, 2.45) is 0 Å². The Bertz CT molecular complexity index is 570. The molecule has 0 spiro atoms. The molecule has 3 rings (SSSR count). The van der Waals surface area contributed by atoms with Gasteiger partial charge in [-0.2, -0.15) is 0 Å². The second-order valence-corrected chi connectivity index (χ2v) is 6.39. The summed E-state index contributed by atoms with van der Waals surface area (Å²) in [7, 11) is 5.05. The molecule has 0 N–H and O–H groups in total. The van der Waals surface area contributed by atoms with Crippen LogP contribution < -0.4 is 4.74 Å². The summed E-state index contributed by atoms with van der Waals surface area (Å²) in [6.45, 7) is 1.16. The first-order valence-electron chi connectivity index (χ1n) is 8.18. The van der Waals surface area contributed by atoms with E-state index in [0.717, 1.165) is 23.3 Å². The fourth-order valence-corrected chi connectivity index (χ4v) is 3.39. The molecule has 0 unspecified atom stereocenters. The molecule has 1 aromatic carbocycles. The second kappa shape index (κ2) is 6.89. The lowest BCUT2D eigenvalue weighted by Gasteiger charge is -2.24. The summed E-state index contributed by atoms with van der Waals surface area (Å²) in [6, 6.07) is 5.85. The minimum Gasteiger partial charge on any atom is -0.496 e. The van der Waals surface area contributed by atoms with Crippen molar-refractivity contribution in [2.45, 2.75) is 37.3 Å². The van der Waals surface area contributed by atoms with Gasteiger partial charge in [0.2, 0.25) is 0 Å². The van der Waals surface area contributed by atoms with E-state index in [2.05, 4.69) is 0 Å². The number of likely N-dealkylation sites (tertiary alicyclic amines) is 1. The maximum absolute atomic E-state index is 13.0. The molecule has 1 aliphatic carbocycles. The minimum atomic E-state index is 0.0520. The monoisotopic (exact) mass is 319 g/mol. The number of rotatable bonds is 6. The number of carbonyl (C=O) groups is 1. The number of hydrogen-bond donors (Lipinski definition) is 0. The van der Waals surface area contributed by atoms with Gasteiger partial charge in [-0.15, -0.1) is 0 Å². The zero-order valence-electron chi connectivity index (χ0n) is 14.1. The van der Waals surface area contributed by atoms with Crippen molar-refractivity contribution in [3.63, 3.8) is 0 Å². The Hall–Kier alpha value is -1.59. The zero-order valence-corrected chi connectivity index (χ0v) is 14.1. The van der Waals surface area contributed by atoms with Crippen molar-refractivity contribution >= 4 is 5.91 Å². The lowest BCUT2D eigenvalue weighted by atomic mass is 10.0. The third-order valence-corrected chi connectivity index (χ3v) is 4.82. The van der Waals surface area contributed by atoms with E-state index in [-0.39, 0.29) is 18.1 Å². The minimum absolute atomic E-state index is 0.0520. The first-order valence-corrected chi connectivity index (χ1v) is 8.18. The summed E-state index contributed by atoms with van der Waals surface area (Å²) in [6.07, 6.45) is 3.26. The molecule has 1 aliphatic heterocycles. The molecular formula is C18H25NO4. The van der Waals surface area contributed by atoms with Gasteiger partial charge in [0.1, 0.15) is 5.75 Å². The number of nitrogens with zero attached hydrogens (tertiary/aromatic N) is 1. The van der Waals surface area contributed by atoms with E-state index >= 15 is 0 Å². The molecule has 5 heteroatoms. The van der Waals surface area contributed by atoms with Gasteiger partial charge in [-0.25, -0.2) is 0 Å². The normalized spacial score (nSPS) is 24.0. The van der Waals surface area contributed by atoms with Crippen molar-refractivity contribution in [1.29, 1.82) is 0 Å². The first-order chi connectivity index (χ1) is 11.2. The van der Waals surface area contributed by atoms with Crippen LogP contribution in [0.2, 0.25) is 0 Å². The van der Waals surface area contributed by atoms with Crippen LogP contribution in [-0.4, -0.2) is 57.4 Å². The van der Waals surface area contributed by atoms with Crippen LogP contribution in [0.4, 0.5) is 0 Å². The van der Waals surface area contributed by atoms with Crippen molar-refractivity contribution in [2.75, 3.05) is 34.5 Å². The third kappa shape index (κ3) is 3.35. The molecule has 5 nitrogen and oxygen atoms in total. The number of carbonyl (C=O) groups excluding carboxylic acids is 1. The Morgan fingerprint density at radius 3 is 2.65 bits per heavy atom. The van der Waals surface area contributed by atoms with Crippen LogP contribution in [-0.2, 0) is 9.47 Å². The Balaban J connectivity index is 1.82. The Morgan fingerprint density at radius 1 is 1.26 bits per heavy atom. The standard InChI is InChI=1S/C18H25NO4/c1-21-11-14-9-15(22-2)10-19(14)18(20)13-6-7-17(23-3)16(8-13)12-4-5-12/h6-8,12,14-15H,4-5,9-11H2,1-3H3/t14-,15-/m0/s1. The summed E-state index contributed by atoms with van der Waals surface area (Å²) >= 11 is 0. The summed E-state index contributed by atoms with van der Waals surface area (Å²) < 4.78 is 16.2. The van der Waals surface area contributed by atoms with E-state index in [1.807, 2.05) is 23.1 Å². The molecule has 0 radical (unpaired) electrons. The van der Waals surface area contributed by atoms with Gasteiger partial charge in [0, 0.05) is 26.3 Å². The van der Waals surface area contributed by atoms with Crippen molar-refractivity contribution in [1.82, 2.24) is 4.90 Å². The van der Waals surface area contributed by atoms with E-state index in [9.17, 15) is 4.79 Å². The van der Waals surface area contributed by atoms with Crippen molar-refractivity contribution in [3.8, 4) is 5.75 Å². The fourth-order valence-electron chi connectivity index (χ4n) is 3.39. The smallest absolute Gasteiger partial charge is 0.254 e. The zero-order chi connectivity index (χ0) is 16.4. The quantitative estimate of drug-likeness (QED) is 0.808. The van der Waals surface area contributed by atoms with E-state index in [1.54, 1.807) is 21.3 Å². The second-order valence-electron chi connectivity index (χ2n) is 6.39. The van der Waals surface area contributed by atoms with Crippen LogP contribution in [0.1, 0.15) is 41.1 Å². The molecule has 1 amide bonds. The van der Waals surface area contributed by atoms with Gasteiger partial charge in [-0.1, -0.05) is 0 Å². The van der Waals surface area contributed by atoms with Gasteiger partial charge < -0.3 is 19.1 Å². The SMILES string of the molecule is COC[C@@H]1C[C@H](OC)CN1C(=O)c1ccc(OC)c(C2CC2)c1. The summed E-state index contributed by atoms with van der Waals surface area (Å²) in [5.74, 6) is 1.47. The lowest BCUT2D eigenvalue weighted by molar-refractivity contribution is 0.0612. The van der Waals surface area contributed by atoms with Crippen molar-refractivity contribution < 1.29 is 19.0 Å². The van der Waals surface area contributed by atoms with Gasteiger partial charge in [0.05, 0.1) is 25.9 Å². The molecule has 1 heterocycles. The van der Waals surface area contributed by atoms with Crippen LogP contribution in [0, 0.1) is 0 Å². The molecule has 126 valence electrons. The highest BCUT2D eigenvalue weighted by atomic mass is 16.5. The van der Waals surface area contributed by atoms with Crippen LogP contribution in [0.3, 0.4) is 0 Å². The van der Waals surface area contributed by atoms with E-state index < -0.39 is 0 Å². The summed E-state index contributed by atoms with van der Waals surface area (Å²) in [5.41, 5.74) is 1.88. The molecule has 2 aliphatic rings. The molecule has 23 heavy (non-hydrogen) atoms. The molecule has 2 atom stereocenters. The lowest BCUT2D eigenvalue weighted by Crippen LogP contribution is -2.38. The van der Waals surface area contributed by atoms with Gasteiger partial charge in [-0.05, 0) is 48.9 Å². The Labute approximate surface area is 137 Å². The van der Waals surface area contributed by atoms with Crippen molar-refractivity contribution in [3.05, 3.63) is 29.3 Å². The molecule has 2 fully saturated rings. The summed E-state index contributed by atoms with van der Waals surface area (Å²) in [4.78, 5) is 14.8. The van der Waals surface area contributed by atoms with Crippen LogP contribution in [0.25, 0.3) is 0 Å². The number of amides is 1. The fraction of sp³-hybridized carbons (Fsp3) is 0.611. The van der Waals surface area contributed by atoms with E-state index in [0.29, 0.717) is 19.1 Å². The molecule has 1 saturated carbocycles.